The van der Waals surface area contributed by atoms with Crippen molar-refractivity contribution >= 4 is 20.2 Å². The molecule has 0 aromatic carbocycles. The van der Waals surface area contributed by atoms with Crippen LogP contribution in [0.4, 0.5) is 5.82 Å². The molecule has 1 spiro atoms. The number of aldehydes is 1. The molecule has 0 amide bonds. The van der Waals surface area contributed by atoms with Crippen molar-refractivity contribution in [1.29, 1.82) is 0 Å². The van der Waals surface area contributed by atoms with Gasteiger partial charge >= 0.3 is 0 Å². The van der Waals surface area contributed by atoms with Crippen LogP contribution in [0.25, 0.3) is 0 Å². The molecule has 0 N–H and O–H groups in total. The predicted octanol–water partition coefficient (Wildman–Crippen LogP) is 1.52. The molecule has 3 rings (SSSR count). The molecule has 144 valence electrons. The zero-order valence-corrected chi connectivity index (χ0v) is 17.0. The summed E-state index contributed by atoms with van der Waals surface area (Å²) in [6.07, 6.45) is 3.55. The van der Waals surface area contributed by atoms with Gasteiger partial charge in [0.1, 0.15) is 13.0 Å². The predicted molar refractivity (Wildman–Crippen MR) is 102 cm³/mol. The van der Waals surface area contributed by atoms with E-state index in [2.05, 4.69) is 24.6 Å². The Bertz CT molecular complexity index is 701. The van der Waals surface area contributed by atoms with Gasteiger partial charge in [0.05, 0.1) is 24.3 Å². The summed E-state index contributed by atoms with van der Waals surface area (Å²) in [6.45, 7) is 10.9. The molecular weight excluding hydrogens is 350 g/mol. The molecule has 0 bridgehead atoms. The number of carbonyl (C=O) groups excluding carboxylic acids is 1. The molecule has 0 atom stereocenters. The normalized spacial score (nSPS) is 18.5. The molecule has 0 radical (unpaired) electrons. The Kier molecular flexibility index (Phi) is 5.64. The molecule has 8 heteroatoms. The maximum Gasteiger partial charge on any atom is 0.295 e. The quantitative estimate of drug-likeness (QED) is 0.368. The molecule has 0 saturated carbocycles. The minimum atomic E-state index is -1.16. The average molecular weight is 380 g/mol. The van der Waals surface area contributed by atoms with Gasteiger partial charge in [-0.05, 0) is 12.5 Å². The van der Waals surface area contributed by atoms with Gasteiger partial charge in [0, 0.05) is 40.4 Å². The van der Waals surface area contributed by atoms with Crippen LogP contribution in [0.2, 0.25) is 25.7 Å². The lowest BCUT2D eigenvalue weighted by molar-refractivity contribution is -0.127. The second-order valence-electron chi connectivity index (χ2n) is 8.73. The van der Waals surface area contributed by atoms with Crippen LogP contribution in [0.5, 0.6) is 0 Å². The smallest absolute Gasteiger partial charge is 0.295 e. The van der Waals surface area contributed by atoms with Crippen LogP contribution in [-0.2, 0) is 27.4 Å². The number of nitrogens with zero attached hydrogens (tertiary/aromatic N) is 3. The summed E-state index contributed by atoms with van der Waals surface area (Å²) in [4.78, 5) is 30.1. The molecular formula is C18H29N3O4Si. The van der Waals surface area contributed by atoms with Crippen molar-refractivity contribution in [3.8, 4) is 0 Å². The Morgan fingerprint density at radius 1 is 1.35 bits per heavy atom. The van der Waals surface area contributed by atoms with Gasteiger partial charge < -0.3 is 19.2 Å². The van der Waals surface area contributed by atoms with E-state index in [9.17, 15) is 9.59 Å². The number of ether oxygens (including phenoxy) is 2. The highest BCUT2D eigenvalue weighted by atomic mass is 28.3. The van der Waals surface area contributed by atoms with E-state index in [0.717, 1.165) is 44.3 Å². The van der Waals surface area contributed by atoms with Crippen molar-refractivity contribution in [1.82, 2.24) is 9.55 Å². The van der Waals surface area contributed by atoms with Crippen molar-refractivity contribution in [2.75, 3.05) is 37.8 Å². The second kappa shape index (κ2) is 7.62. The summed E-state index contributed by atoms with van der Waals surface area (Å²) in [6, 6.07) is 1.06. The second-order valence-corrected chi connectivity index (χ2v) is 14.4. The molecule has 3 heterocycles. The van der Waals surface area contributed by atoms with E-state index < -0.39 is 8.07 Å². The molecule has 2 aliphatic rings. The zero-order valence-electron chi connectivity index (χ0n) is 16.0. The van der Waals surface area contributed by atoms with Crippen molar-refractivity contribution in [3.05, 3.63) is 22.2 Å². The maximum absolute atomic E-state index is 12.8. The van der Waals surface area contributed by atoms with E-state index in [1.54, 1.807) is 10.8 Å². The Balaban J connectivity index is 1.71. The van der Waals surface area contributed by atoms with Gasteiger partial charge in [-0.3, -0.25) is 9.36 Å². The van der Waals surface area contributed by atoms with Crippen molar-refractivity contribution < 1.29 is 14.3 Å². The fraction of sp³-hybridized carbons (Fsp3) is 0.722. The molecule has 2 fully saturated rings. The first-order chi connectivity index (χ1) is 12.3. The fourth-order valence-corrected chi connectivity index (χ4v) is 3.99. The number of rotatable bonds is 9. The Labute approximate surface area is 155 Å². The summed E-state index contributed by atoms with van der Waals surface area (Å²) in [5.74, 6) is 0.472. The third-order valence-electron chi connectivity index (χ3n) is 4.92. The highest BCUT2D eigenvalue weighted by molar-refractivity contribution is 6.76. The lowest BCUT2D eigenvalue weighted by Crippen LogP contribution is -2.67. The van der Waals surface area contributed by atoms with Crippen LogP contribution in [-0.4, -0.2) is 56.8 Å². The summed E-state index contributed by atoms with van der Waals surface area (Å²) in [5, 5.41) is 0. The Hall–Kier alpha value is -1.51. The van der Waals surface area contributed by atoms with Crippen LogP contribution >= 0.6 is 0 Å². The van der Waals surface area contributed by atoms with Crippen LogP contribution in [0, 0.1) is 5.41 Å². The number of carbonyl (C=O) groups is 1. The van der Waals surface area contributed by atoms with Gasteiger partial charge in [-0.15, -0.1) is 0 Å². The SMILES string of the molecule is C[Si](C)(C)CCOCn1cc(CCC=O)nc(N2CC3(COC3)C2)c1=O. The van der Waals surface area contributed by atoms with E-state index in [0.29, 0.717) is 25.3 Å². The molecule has 2 saturated heterocycles. The largest absolute Gasteiger partial charge is 0.380 e. The first-order valence-electron chi connectivity index (χ1n) is 9.26. The molecule has 0 unspecified atom stereocenters. The topological polar surface area (TPSA) is 73.7 Å². The van der Waals surface area contributed by atoms with E-state index in [1.807, 2.05) is 4.90 Å². The highest BCUT2D eigenvalue weighted by Gasteiger charge is 2.50. The van der Waals surface area contributed by atoms with E-state index in [-0.39, 0.29) is 17.7 Å². The van der Waals surface area contributed by atoms with Gasteiger partial charge in [-0.1, -0.05) is 19.6 Å². The third-order valence-corrected chi connectivity index (χ3v) is 6.62. The summed E-state index contributed by atoms with van der Waals surface area (Å²) in [7, 11) is -1.16. The van der Waals surface area contributed by atoms with E-state index >= 15 is 0 Å². The number of aryl methyl sites for hydroxylation is 1. The van der Waals surface area contributed by atoms with Gasteiger partial charge in [-0.25, -0.2) is 4.98 Å². The van der Waals surface area contributed by atoms with E-state index in [4.69, 9.17) is 9.47 Å². The summed E-state index contributed by atoms with van der Waals surface area (Å²) >= 11 is 0. The number of aromatic nitrogens is 2. The van der Waals surface area contributed by atoms with Crippen molar-refractivity contribution in [2.24, 2.45) is 5.41 Å². The minimum absolute atomic E-state index is 0.122. The number of hydrogen-bond donors (Lipinski definition) is 0. The zero-order chi connectivity index (χ0) is 18.8. The standard InChI is InChI=1S/C18H29N3O4Si/c1-26(2,3)8-7-24-14-20-9-15(5-4-6-22)19-16(17(20)23)21-10-18(11-21)12-25-13-18/h6,9H,4-5,7-8,10-14H2,1-3H3. The van der Waals surface area contributed by atoms with Gasteiger partial charge in [-0.2, -0.15) is 0 Å². The molecule has 1 aromatic rings. The first kappa shape index (κ1) is 19.3. The first-order valence-corrected chi connectivity index (χ1v) is 13.0. The monoisotopic (exact) mass is 379 g/mol. The lowest BCUT2D eigenvalue weighted by atomic mass is 9.78. The average Bonchev–Trinajstić information content (AvgIpc) is 2.49. The molecule has 1 aromatic heterocycles. The Morgan fingerprint density at radius 2 is 2.08 bits per heavy atom. The lowest BCUT2D eigenvalue weighted by Gasteiger charge is -2.55. The molecule has 7 nitrogen and oxygen atoms in total. The molecule has 0 aliphatic carbocycles. The minimum Gasteiger partial charge on any atom is -0.380 e. The van der Waals surface area contributed by atoms with Crippen molar-refractivity contribution in [3.63, 3.8) is 0 Å². The van der Waals surface area contributed by atoms with Gasteiger partial charge in [0.25, 0.3) is 5.56 Å². The molecule has 26 heavy (non-hydrogen) atoms. The van der Waals surface area contributed by atoms with Crippen LogP contribution in [0.3, 0.4) is 0 Å². The summed E-state index contributed by atoms with van der Waals surface area (Å²) < 4.78 is 12.7. The van der Waals surface area contributed by atoms with E-state index in [1.165, 1.54) is 0 Å². The summed E-state index contributed by atoms with van der Waals surface area (Å²) in [5.41, 5.74) is 0.847. The fourth-order valence-electron chi connectivity index (χ4n) is 3.24. The third kappa shape index (κ3) is 4.42. The molecule has 2 aliphatic heterocycles. The van der Waals surface area contributed by atoms with Gasteiger partial charge in [0.2, 0.25) is 0 Å². The van der Waals surface area contributed by atoms with Gasteiger partial charge in [0.15, 0.2) is 5.82 Å². The van der Waals surface area contributed by atoms with Crippen LogP contribution in [0.1, 0.15) is 12.1 Å². The highest BCUT2D eigenvalue weighted by Crippen LogP contribution is 2.38. The number of anilines is 1. The van der Waals surface area contributed by atoms with Crippen LogP contribution < -0.4 is 10.5 Å². The Morgan fingerprint density at radius 3 is 2.65 bits per heavy atom. The van der Waals surface area contributed by atoms with Crippen LogP contribution in [0.15, 0.2) is 11.0 Å². The maximum atomic E-state index is 12.8. The van der Waals surface area contributed by atoms with Crippen molar-refractivity contribution in [2.45, 2.75) is 45.3 Å². The number of hydrogen-bond acceptors (Lipinski definition) is 6.